The molecular formula is C39H82O4. The molecule has 0 saturated carbocycles. The Kier molecular flexibility index (Phi) is 52.6. The van der Waals surface area contributed by atoms with Crippen LogP contribution in [0.15, 0.2) is 0 Å². The Hall–Kier alpha value is -0.610. The molecule has 0 fully saturated rings. The van der Waals surface area contributed by atoms with E-state index < -0.39 is 5.97 Å². The summed E-state index contributed by atoms with van der Waals surface area (Å²) >= 11 is 0. The maximum absolute atomic E-state index is 9.37. The first-order valence-corrected chi connectivity index (χ1v) is 19.5. The average Bonchev–Trinajstić information content (AvgIpc) is 3.01. The zero-order valence-electron chi connectivity index (χ0n) is 30.5. The molecule has 4 heteroatoms. The topological polar surface area (TPSA) is 55.8 Å². The van der Waals surface area contributed by atoms with Crippen molar-refractivity contribution in [3.8, 4) is 0 Å². The predicted molar refractivity (Wildman–Crippen MR) is 192 cm³/mol. The number of carboxylic acids is 1. The third kappa shape index (κ3) is 57.6. The Morgan fingerprint density at radius 2 is 0.535 bits per heavy atom. The van der Waals surface area contributed by atoms with E-state index in [9.17, 15) is 4.79 Å². The van der Waals surface area contributed by atoms with Crippen LogP contribution >= 0.6 is 0 Å². The van der Waals surface area contributed by atoms with E-state index in [0.29, 0.717) is 0 Å². The molecule has 0 saturated heterocycles. The summed E-state index contributed by atoms with van der Waals surface area (Å²) in [4.78, 5) is 9.37. The minimum absolute atomic E-state index is 0.222. The van der Waals surface area contributed by atoms with Crippen molar-refractivity contribution in [3.05, 3.63) is 0 Å². The van der Waals surface area contributed by atoms with Gasteiger partial charge < -0.3 is 14.6 Å². The molecule has 0 aromatic carbocycles. The molecule has 0 aliphatic carbocycles. The van der Waals surface area contributed by atoms with Crippen molar-refractivity contribution in [1.82, 2.24) is 0 Å². The van der Waals surface area contributed by atoms with Gasteiger partial charge in [-0.25, -0.2) is 0 Å². The van der Waals surface area contributed by atoms with Gasteiger partial charge >= 0.3 is 5.97 Å². The van der Waals surface area contributed by atoms with E-state index in [4.69, 9.17) is 14.6 Å². The Balaban J connectivity index is -0.000000936. The molecule has 43 heavy (non-hydrogen) atoms. The zero-order chi connectivity index (χ0) is 32.3. The molecule has 0 heterocycles. The van der Waals surface area contributed by atoms with Crippen LogP contribution in [0.25, 0.3) is 0 Å². The molecular weight excluding hydrogens is 532 g/mol. The molecule has 0 amide bonds. The van der Waals surface area contributed by atoms with Crippen LogP contribution in [0.2, 0.25) is 0 Å². The van der Waals surface area contributed by atoms with E-state index in [1.165, 1.54) is 180 Å². The molecule has 0 unspecified atom stereocenters. The lowest BCUT2D eigenvalue weighted by Gasteiger charge is -2.05. The highest BCUT2D eigenvalue weighted by Gasteiger charge is 1.96. The zero-order valence-corrected chi connectivity index (χ0v) is 30.5. The van der Waals surface area contributed by atoms with Crippen molar-refractivity contribution in [3.63, 3.8) is 0 Å². The van der Waals surface area contributed by atoms with E-state index in [-0.39, 0.29) is 6.42 Å². The van der Waals surface area contributed by atoms with E-state index in [1.54, 1.807) is 6.92 Å². The van der Waals surface area contributed by atoms with Gasteiger partial charge in [0.05, 0.1) is 0 Å². The van der Waals surface area contributed by atoms with Gasteiger partial charge in [-0.15, -0.1) is 0 Å². The maximum atomic E-state index is 9.37. The average molecular weight is 615 g/mol. The highest BCUT2D eigenvalue weighted by atomic mass is 16.5. The van der Waals surface area contributed by atoms with E-state index >= 15 is 0 Å². The number of rotatable bonds is 33. The van der Waals surface area contributed by atoms with Gasteiger partial charge in [-0.2, -0.15) is 0 Å². The van der Waals surface area contributed by atoms with E-state index in [1.807, 2.05) is 0 Å². The number of hydrogen-bond donors (Lipinski definition) is 1. The number of hydrogen-bond acceptors (Lipinski definition) is 3. The molecule has 4 nitrogen and oxygen atoms in total. The van der Waals surface area contributed by atoms with E-state index in [0.717, 1.165) is 26.4 Å². The molecule has 0 aromatic rings. The van der Waals surface area contributed by atoms with Crippen LogP contribution in [-0.2, 0) is 14.3 Å². The lowest BCUT2D eigenvalue weighted by Crippen LogP contribution is -1.97. The molecule has 0 radical (unpaired) electrons. The molecule has 0 aliphatic heterocycles. The summed E-state index contributed by atoms with van der Waals surface area (Å²) in [5.74, 6) is -0.745. The lowest BCUT2D eigenvalue weighted by atomic mass is 10.1. The van der Waals surface area contributed by atoms with Gasteiger partial charge in [0, 0.05) is 32.8 Å². The Bertz CT molecular complexity index is 423. The maximum Gasteiger partial charge on any atom is 0.303 e. The summed E-state index contributed by atoms with van der Waals surface area (Å²) in [6.45, 7) is 14.5. The van der Waals surface area contributed by atoms with Crippen molar-refractivity contribution < 1.29 is 19.4 Å². The van der Waals surface area contributed by atoms with Crippen LogP contribution in [0.1, 0.15) is 221 Å². The Morgan fingerprint density at radius 1 is 0.349 bits per heavy atom. The number of aliphatic carboxylic acids is 1. The fraction of sp³-hybridized carbons (Fsp3) is 0.974. The van der Waals surface area contributed by atoms with Crippen molar-refractivity contribution in [1.29, 1.82) is 0 Å². The third-order valence-electron chi connectivity index (χ3n) is 7.87. The second-order valence-electron chi connectivity index (χ2n) is 12.5. The molecule has 0 aromatic heterocycles. The molecule has 0 rings (SSSR count). The van der Waals surface area contributed by atoms with Crippen molar-refractivity contribution >= 4 is 5.97 Å². The molecule has 262 valence electrons. The highest BCUT2D eigenvalue weighted by molar-refractivity contribution is 5.66. The van der Waals surface area contributed by atoms with Crippen LogP contribution in [-0.4, -0.2) is 37.5 Å². The summed E-state index contributed by atoms with van der Waals surface area (Å²) in [6.07, 6.45) is 39.2. The number of carboxylic acid groups (broad SMARTS) is 1. The quantitative estimate of drug-likeness (QED) is 0.0747. The van der Waals surface area contributed by atoms with Crippen LogP contribution in [0.4, 0.5) is 0 Å². The molecule has 0 aliphatic rings. The van der Waals surface area contributed by atoms with Gasteiger partial charge in [0.25, 0.3) is 0 Å². The molecule has 0 atom stereocenters. The van der Waals surface area contributed by atoms with Gasteiger partial charge in [-0.3, -0.25) is 4.79 Å². The minimum atomic E-state index is -0.745. The highest BCUT2D eigenvalue weighted by Crippen LogP contribution is 2.13. The van der Waals surface area contributed by atoms with Crippen molar-refractivity contribution in [2.45, 2.75) is 221 Å². The smallest absolute Gasteiger partial charge is 0.303 e. The third-order valence-corrected chi connectivity index (χ3v) is 7.87. The Morgan fingerprint density at radius 3 is 0.744 bits per heavy atom. The van der Waals surface area contributed by atoms with Crippen molar-refractivity contribution in [2.24, 2.45) is 0 Å². The summed E-state index contributed by atoms with van der Waals surface area (Å²) in [6, 6.07) is 0. The molecule has 1 N–H and O–H groups in total. The number of unbranched alkanes of at least 4 members (excludes halogenated alkanes) is 24. The SMILES string of the molecule is CCC(=O)O.CCCCCCCCCCCCCCOCCCCCCCCCCCCCC.CCCCOCCCC. The first-order chi connectivity index (χ1) is 21.1. The first kappa shape index (κ1) is 46.8. The van der Waals surface area contributed by atoms with Gasteiger partial charge in [0.15, 0.2) is 0 Å². The summed E-state index contributed by atoms with van der Waals surface area (Å²) in [7, 11) is 0. The summed E-state index contributed by atoms with van der Waals surface area (Å²) in [5.41, 5.74) is 0. The number of ether oxygens (including phenoxy) is 2. The molecule has 0 bridgehead atoms. The van der Waals surface area contributed by atoms with Gasteiger partial charge in [0.2, 0.25) is 0 Å². The summed E-state index contributed by atoms with van der Waals surface area (Å²) in [5, 5.41) is 7.72. The van der Waals surface area contributed by atoms with Gasteiger partial charge in [-0.1, -0.05) is 189 Å². The van der Waals surface area contributed by atoms with E-state index in [2.05, 4.69) is 27.7 Å². The molecule has 0 spiro atoms. The monoisotopic (exact) mass is 615 g/mol. The van der Waals surface area contributed by atoms with Gasteiger partial charge in [-0.05, 0) is 25.7 Å². The fourth-order valence-corrected chi connectivity index (χ4v) is 4.79. The Labute approximate surface area is 272 Å². The minimum Gasteiger partial charge on any atom is -0.481 e. The predicted octanol–water partition coefficient (Wildman–Crippen LogP) is 13.5. The lowest BCUT2D eigenvalue weighted by molar-refractivity contribution is -0.136. The van der Waals surface area contributed by atoms with Crippen LogP contribution in [0.3, 0.4) is 0 Å². The fourth-order valence-electron chi connectivity index (χ4n) is 4.79. The van der Waals surface area contributed by atoms with Crippen molar-refractivity contribution in [2.75, 3.05) is 26.4 Å². The second-order valence-corrected chi connectivity index (χ2v) is 12.5. The first-order valence-electron chi connectivity index (χ1n) is 19.5. The van der Waals surface area contributed by atoms with Crippen LogP contribution in [0.5, 0.6) is 0 Å². The second kappa shape index (κ2) is 48.3. The normalized spacial score (nSPS) is 10.6. The van der Waals surface area contributed by atoms with Crippen LogP contribution in [0, 0.1) is 0 Å². The largest absolute Gasteiger partial charge is 0.481 e. The van der Waals surface area contributed by atoms with Crippen LogP contribution < -0.4 is 0 Å². The summed E-state index contributed by atoms with van der Waals surface area (Å²) < 4.78 is 11.1. The number of carbonyl (C=O) groups is 1. The van der Waals surface area contributed by atoms with Gasteiger partial charge in [0.1, 0.15) is 0 Å². The standard InChI is InChI=1S/C28H58O.C8H18O.C3H6O2/c1-3-5-7-9-11-13-15-17-19-21-23-25-27-29-28-26-24-22-20-18-16-14-12-10-8-6-4-2;1-3-5-7-9-8-6-4-2;1-2-3(4)5/h3-28H2,1-2H3;3-8H2,1-2H3;2H2,1H3,(H,4,5).